The van der Waals surface area contributed by atoms with E-state index in [-0.39, 0.29) is 5.28 Å². The van der Waals surface area contributed by atoms with Crippen LogP contribution in [0.5, 0.6) is 0 Å². The molecule has 0 aliphatic rings. The number of halogens is 3. The highest BCUT2D eigenvalue weighted by molar-refractivity contribution is 6.67. The Kier molecular flexibility index (Phi) is 2.36. The molecule has 1 aromatic rings. The molecule has 1 heterocycles. The molecule has 0 saturated heterocycles. The summed E-state index contributed by atoms with van der Waals surface area (Å²) in [5, 5.41) is -1.21. The molecule has 0 aliphatic heterocycles. The van der Waals surface area contributed by atoms with Gasteiger partial charge in [0.2, 0.25) is 5.28 Å². The minimum Gasteiger partial charge on any atom is -0.274 e. The van der Waals surface area contributed by atoms with Crippen molar-refractivity contribution in [2.75, 3.05) is 0 Å². The summed E-state index contributed by atoms with van der Waals surface area (Å²) in [5.41, 5.74) is -0.508. The highest BCUT2D eigenvalue weighted by Crippen LogP contribution is 2.08. The van der Waals surface area contributed by atoms with Crippen LogP contribution in [0, 0.1) is 5.82 Å². The first-order valence-corrected chi connectivity index (χ1v) is 3.24. The number of rotatable bonds is 1. The molecular weight excluding hydrogens is 194 g/mol. The second-order valence-electron chi connectivity index (χ2n) is 1.61. The van der Waals surface area contributed by atoms with Gasteiger partial charge in [0.25, 0.3) is 5.24 Å². The molecule has 1 rings (SSSR count). The van der Waals surface area contributed by atoms with Crippen LogP contribution in [0.2, 0.25) is 5.28 Å². The van der Waals surface area contributed by atoms with Crippen molar-refractivity contribution >= 4 is 28.4 Å². The number of hydrogen-bond acceptors (Lipinski definition) is 3. The molecule has 0 amide bonds. The average molecular weight is 195 g/mol. The lowest BCUT2D eigenvalue weighted by Crippen LogP contribution is -2.00. The molecule has 6 heteroatoms. The predicted molar refractivity (Wildman–Crippen MR) is 37.2 cm³/mol. The van der Waals surface area contributed by atoms with Crippen molar-refractivity contribution in [1.29, 1.82) is 0 Å². The molecular formula is C5HCl2FN2O. The quantitative estimate of drug-likeness (QED) is 0.505. The first-order chi connectivity index (χ1) is 5.11. The van der Waals surface area contributed by atoms with Gasteiger partial charge in [-0.05, 0) is 23.2 Å². The van der Waals surface area contributed by atoms with Gasteiger partial charge in [-0.2, -0.15) is 0 Å². The van der Waals surface area contributed by atoms with Crippen LogP contribution in [-0.4, -0.2) is 15.2 Å². The van der Waals surface area contributed by atoms with Gasteiger partial charge in [0.05, 0.1) is 6.20 Å². The fourth-order valence-corrected chi connectivity index (χ4v) is 0.749. The summed E-state index contributed by atoms with van der Waals surface area (Å²) in [5.74, 6) is -0.880. The number of aromatic nitrogens is 2. The minimum absolute atomic E-state index is 0.213. The number of carbonyl (C=O) groups is 1. The van der Waals surface area contributed by atoms with Gasteiger partial charge in [-0.1, -0.05) is 0 Å². The molecule has 0 aliphatic carbocycles. The summed E-state index contributed by atoms with van der Waals surface area (Å²) in [6.07, 6.45) is 0.783. The van der Waals surface area contributed by atoms with Crippen molar-refractivity contribution in [2.24, 2.45) is 0 Å². The highest BCUT2D eigenvalue weighted by Gasteiger charge is 2.11. The van der Waals surface area contributed by atoms with E-state index in [2.05, 4.69) is 9.97 Å². The van der Waals surface area contributed by atoms with Crippen molar-refractivity contribution in [3.63, 3.8) is 0 Å². The van der Waals surface area contributed by atoms with Gasteiger partial charge in [-0.3, -0.25) is 4.79 Å². The third kappa shape index (κ3) is 1.85. The molecule has 0 radical (unpaired) electrons. The monoisotopic (exact) mass is 194 g/mol. The van der Waals surface area contributed by atoms with Gasteiger partial charge in [-0.25, -0.2) is 14.4 Å². The van der Waals surface area contributed by atoms with Crippen molar-refractivity contribution in [3.05, 3.63) is 23.0 Å². The zero-order valence-electron chi connectivity index (χ0n) is 5.01. The van der Waals surface area contributed by atoms with Crippen LogP contribution >= 0.6 is 23.2 Å². The first-order valence-electron chi connectivity index (χ1n) is 2.49. The summed E-state index contributed by atoms with van der Waals surface area (Å²) < 4.78 is 12.5. The zero-order chi connectivity index (χ0) is 8.43. The van der Waals surface area contributed by atoms with Crippen LogP contribution in [-0.2, 0) is 0 Å². The number of nitrogens with zero attached hydrogens (tertiary/aromatic N) is 2. The molecule has 1 aromatic heterocycles. The van der Waals surface area contributed by atoms with Gasteiger partial charge in [0.1, 0.15) is 0 Å². The average Bonchev–Trinajstić information content (AvgIpc) is 1.94. The van der Waals surface area contributed by atoms with Crippen molar-refractivity contribution in [2.45, 2.75) is 0 Å². The van der Waals surface area contributed by atoms with E-state index in [1.54, 1.807) is 0 Å². The van der Waals surface area contributed by atoms with E-state index < -0.39 is 16.8 Å². The molecule has 58 valence electrons. The van der Waals surface area contributed by atoms with Crippen LogP contribution in [0.3, 0.4) is 0 Å². The largest absolute Gasteiger partial charge is 0.274 e. The van der Waals surface area contributed by atoms with Crippen LogP contribution in [0.4, 0.5) is 4.39 Å². The standard InChI is InChI=1S/C5HCl2FN2O/c6-4(11)3-2(8)1-9-5(7)10-3/h1H. The third-order valence-corrected chi connectivity index (χ3v) is 1.26. The van der Waals surface area contributed by atoms with Gasteiger partial charge in [0, 0.05) is 0 Å². The maximum Gasteiger partial charge on any atom is 0.274 e. The SMILES string of the molecule is O=C(Cl)c1nc(Cl)ncc1F. The summed E-state index contributed by atoms with van der Waals surface area (Å²) in [4.78, 5) is 17.0. The van der Waals surface area contributed by atoms with Crippen molar-refractivity contribution in [3.8, 4) is 0 Å². The van der Waals surface area contributed by atoms with Crippen molar-refractivity contribution < 1.29 is 9.18 Å². The lowest BCUT2D eigenvalue weighted by atomic mass is 10.4. The van der Waals surface area contributed by atoms with E-state index in [4.69, 9.17) is 23.2 Å². The Labute approximate surface area is 71.2 Å². The fourth-order valence-electron chi connectivity index (χ4n) is 0.483. The minimum atomic E-state index is -0.994. The number of hydrogen-bond donors (Lipinski definition) is 0. The van der Waals surface area contributed by atoms with E-state index in [1.165, 1.54) is 0 Å². The highest BCUT2D eigenvalue weighted by atomic mass is 35.5. The maximum absolute atomic E-state index is 12.5. The Morgan fingerprint density at radius 3 is 2.73 bits per heavy atom. The molecule has 0 bridgehead atoms. The van der Waals surface area contributed by atoms with Crippen LogP contribution in [0.15, 0.2) is 6.20 Å². The second-order valence-corrected chi connectivity index (χ2v) is 2.29. The molecule has 0 N–H and O–H groups in total. The molecule has 11 heavy (non-hydrogen) atoms. The molecule has 0 aromatic carbocycles. The predicted octanol–water partition coefficient (Wildman–Crippen LogP) is 1.65. The van der Waals surface area contributed by atoms with Gasteiger partial charge >= 0.3 is 0 Å². The van der Waals surface area contributed by atoms with Gasteiger partial charge in [-0.15, -0.1) is 0 Å². The maximum atomic E-state index is 12.5. The Bertz CT molecular complexity index is 305. The summed E-state index contributed by atoms with van der Waals surface area (Å²) >= 11 is 10.2. The molecule has 0 saturated carbocycles. The zero-order valence-corrected chi connectivity index (χ0v) is 6.53. The van der Waals surface area contributed by atoms with Crippen LogP contribution in [0.25, 0.3) is 0 Å². The van der Waals surface area contributed by atoms with Crippen molar-refractivity contribution in [1.82, 2.24) is 9.97 Å². The van der Waals surface area contributed by atoms with E-state index >= 15 is 0 Å². The number of carbonyl (C=O) groups excluding carboxylic acids is 1. The second kappa shape index (κ2) is 3.11. The first kappa shape index (κ1) is 8.36. The normalized spacial score (nSPS) is 9.73. The van der Waals surface area contributed by atoms with E-state index in [1.807, 2.05) is 0 Å². The smallest absolute Gasteiger partial charge is 0.274 e. The van der Waals surface area contributed by atoms with Gasteiger partial charge in [0.15, 0.2) is 11.5 Å². The summed E-state index contributed by atoms with van der Waals surface area (Å²) in [6, 6.07) is 0. The molecule has 0 atom stereocenters. The molecule has 0 fully saturated rings. The summed E-state index contributed by atoms with van der Waals surface area (Å²) in [7, 11) is 0. The fraction of sp³-hybridized carbons (Fsp3) is 0. The van der Waals surface area contributed by atoms with Crippen LogP contribution < -0.4 is 0 Å². The van der Waals surface area contributed by atoms with E-state index in [9.17, 15) is 9.18 Å². The van der Waals surface area contributed by atoms with Crippen LogP contribution in [0.1, 0.15) is 10.5 Å². The summed E-state index contributed by atoms with van der Waals surface area (Å²) in [6.45, 7) is 0. The molecule has 0 unspecified atom stereocenters. The Hall–Kier alpha value is -0.740. The Morgan fingerprint density at radius 1 is 1.64 bits per heavy atom. The Balaban J connectivity index is 3.23. The lowest BCUT2D eigenvalue weighted by molar-refractivity contribution is 0.107. The van der Waals surface area contributed by atoms with E-state index in [0.29, 0.717) is 0 Å². The lowest BCUT2D eigenvalue weighted by Gasteiger charge is -1.93. The molecule has 3 nitrogen and oxygen atoms in total. The topological polar surface area (TPSA) is 42.9 Å². The van der Waals surface area contributed by atoms with Gasteiger partial charge < -0.3 is 0 Å². The molecule has 0 spiro atoms. The third-order valence-electron chi connectivity index (χ3n) is 0.901. The van der Waals surface area contributed by atoms with E-state index in [0.717, 1.165) is 6.20 Å². The Morgan fingerprint density at radius 2 is 2.27 bits per heavy atom.